The molecule has 0 saturated heterocycles. The van der Waals surface area contributed by atoms with Crippen molar-refractivity contribution in [2.45, 2.75) is 34.6 Å². The Morgan fingerprint density at radius 1 is 0.913 bits per heavy atom. The van der Waals surface area contributed by atoms with Gasteiger partial charge in [-0.3, -0.25) is 9.98 Å². The van der Waals surface area contributed by atoms with Crippen molar-refractivity contribution in [1.29, 1.82) is 0 Å². The quantitative estimate of drug-likeness (QED) is 0.565. The lowest BCUT2D eigenvalue weighted by Crippen LogP contribution is -1.99. The standard InChI is InChI=1S/C21H22N2/c1-13-11-14(2)20(15(3)12-13)23-17(5)19-8-6-7-18-10-9-16(4)22-21(18)19/h6-12H,1-5H3. The van der Waals surface area contributed by atoms with Gasteiger partial charge >= 0.3 is 0 Å². The van der Waals surface area contributed by atoms with E-state index in [9.17, 15) is 0 Å². The number of pyridine rings is 1. The second kappa shape index (κ2) is 5.96. The number of para-hydroxylation sites is 1. The monoisotopic (exact) mass is 302 g/mol. The van der Waals surface area contributed by atoms with Gasteiger partial charge in [-0.2, -0.15) is 0 Å². The van der Waals surface area contributed by atoms with Crippen LogP contribution in [0.5, 0.6) is 0 Å². The zero-order chi connectivity index (χ0) is 16.6. The lowest BCUT2D eigenvalue weighted by Gasteiger charge is -2.10. The van der Waals surface area contributed by atoms with E-state index < -0.39 is 0 Å². The van der Waals surface area contributed by atoms with Crippen molar-refractivity contribution in [3.05, 3.63) is 70.4 Å². The summed E-state index contributed by atoms with van der Waals surface area (Å²) in [6.45, 7) is 10.5. The molecule has 0 unspecified atom stereocenters. The molecule has 23 heavy (non-hydrogen) atoms. The third-order valence-corrected chi connectivity index (χ3v) is 4.16. The number of hydrogen-bond donors (Lipinski definition) is 0. The molecular formula is C21H22N2. The first-order valence-electron chi connectivity index (χ1n) is 7.95. The van der Waals surface area contributed by atoms with Crippen LogP contribution in [0.25, 0.3) is 10.9 Å². The van der Waals surface area contributed by atoms with E-state index in [1.54, 1.807) is 0 Å². The van der Waals surface area contributed by atoms with Crippen molar-refractivity contribution in [3.63, 3.8) is 0 Å². The smallest absolute Gasteiger partial charge is 0.0795 e. The molecule has 0 fully saturated rings. The highest BCUT2D eigenvalue weighted by molar-refractivity contribution is 6.09. The summed E-state index contributed by atoms with van der Waals surface area (Å²) in [5.74, 6) is 0. The van der Waals surface area contributed by atoms with Crippen LogP contribution >= 0.6 is 0 Å². The van der Waals surface area contributed by atoms with Gasteiger partial charge in [-0.1, -0.05) is 42.0 Å². The van der Waals surface area contributed by atoms with E-state index in [2.05, 4.69) is 64.1 Å². The number of fused-ring (bicyclic) bond motifs is 1. The molecule has 0 radical (unpaired) electrons. The lowest BCUT2D eigenvalue weighted by atomic mass is 10.0. The number of aryl methyl sites for hydroxylation is 4. The van der Waals surface area contributed by atoms with E-state index in [0.29, 0.717) is 0 Å². The minimum Gasteiger partial charge on any atom is -0.253 e. The summed E-state index contributed by atoms with van der Waals surface area (Å²) >= 11 is 0. The van der Waals surface area contributed by atoms with Crippen LogP contribution in [0.1, 0.15) is 34.9 Å². The molecule has 2 nitrogen and oxygen atoms in total. The predicted molar refractivity (Wildman–Crippen MR) is 99.0 cm³/mol. The van der Waals surface area contributed by atoms with E-state index in [1.165, 1.54) is 16.7 Å². The first kappa shape index (κ1) is 15.4. The van der Waals surface area contributed by atoms with E-state index in [-0.39, 0.29) is 0 Å². The van der Waals surface area contributed by atoms with Crippen LogP contribution in [0.2, 0.25) is 0 Å². The van der Waals surface area contributed by atoms with E-state index in [0.717, 1.165) is 33.6 Å². The minimum atomic E-state index is 1.00. The normalized spacial score (nSPS) is 12.0. The summed E-state index contributed by atoms with van der Waals surface area (Å²) in [5, 5.41) is 1.15. The molecule has 0 amide bonds. The van der Waals surface area contributed by atoms with Crippen molar-refractivity contribution in [3.8, 4) is 0 Å². The molecule has 3 rings (SSSR count). The fourth-order valence-corrected chi connectivity index (χ4v) is 3.11. The second-order valence-electron chi connectivity index (χ2n) is 6.27. The van der Waals surface area contributed by atoms with Gasteiger partial charge in [-0.15, -0.1) is 0 Å². The molecule has 0 atom stereocenters. The maximum Gasteiger partial charge on any atom is 0.0795 e. The van der Waals surface area contributed by atoms with Crippen LogP contribution in [0.15, 0.2) is 47.5 Å². The average molecular weight is 302 g/mol. The summed E-state index contributed by atoms with van der Waals surface area (Å²) in [4.78, 5) is 9.64. The van der Waals surface area contributed by atoms with E-state index in [1.807, 2.05) is 13.0 Å². The summed E-state index contributed by atoms with van der Waals surface area (Å²) in [6, 6.07) is 14.8. The molecule has 1 aromatic heterocycles. The highest BCUT2D eigenvalue weighted by Gasteiger charge is 2.08. The summed E-state index contributed by atoms with van der Waals surface area (Å²) < 4.78 is 0. The van der Waals surface area contributed by atoms with Crippen LogP contribution < -0.4 is 0 Å². The molecule has 1 heterocycles. The maximum absolute atomic E-state index is 4.93. The molecule has 0 N–H and O–H groups in total. The van der Waals surface area contributed by atoms with Gasteiger partial charge in [0.2, 0.25) is 0 Å². The Bertz CT molecular complexity index is 897. The summed E-state index contributed by atoms with van der Waals surface area (Å²) in [7, 11) is 0. The molecule has 0 aliphatic heterocycles. The molecule has 2 heteroatoms. The molecule has 3 aromatic rings. The summed E-state index contributed by atoms with van der Waals surface area (Å²) in [5.41, 5.74) is 8.93. The van der Waals surface area contributed by atoms with Crippen LogP contribution in [-0.2, 0) is 0 Å². The largest absolute Gasteiger partial charge is 0.253 e. The van der Waals surface area contributed by atoms with Crippen molar-refractivity contribution >= 4 is 22.3 Å². The van der Waals surface area contributed by atoms with Gasteiger partial charge in [-0.05, 0) is 51.8 Å². The summed E-state index contributed by atoms with van der Waals surface area (Å²) in [6.07, 6.45) is 0. The van der Waals surface area contributed by atoms with Crippen molar-refractivity contribution in [2.24, 2.45) is 4.99 Å². The Kier molecular flexibility index (Phi) is 3.99. The third-order valence-electron chi connectivity index (χ3n) is 4.16. The molecule has 0 saturated carbocycles. The molecule has 0 aliphatic carbocycles. The zero-order valence-corrected chi connectivity index (χ0v) is 14.4. The predicted octanol–water partition coefficient (Wildman–Crippen LogP) is 5.61. The Morgan fingerprint density at radius 3 is 2.30 bits per heavy atom. The molecule has 2 aromatic carbocycles. The van der Waals surface area contributed by atoms with Crippen molar-refractivity contribution in [2.75, 3.05) is 0 Å². The third kappa shape index (κ3) is 3.02. The number of benzene rings is 2. The second-order valence-corrected chi connectivity index (χ2v) is 6.27. The number of rotatable bonds is 2. The molecule has 0 spiro atoms. The van der Waals surface area contributed by atoms with Gasteiger partial charge in [0, 0.05) is 22.4 Å². The first-order valence-corrected chi connectivity index (χ1v) is 7.95. The Hall–Kier alpha value is -2.48. The molecule has 0 bridgehead atoms. The topological polar surface area (TPSA) is 25.2 Å². The molecular weight excluding hydrogens is 280 g/mol. The maximum atomic E-state index is 4.93. The van der Waals surface area contributed by atoms with Crippen LogP contribution in [0.4, 0.5) is 5.69 Å². The van der Waals surface area contributed by atoms with Gasteiger partial charge in [0.15, 0.2) is 0 Å². The van der Waals surface area contributed by atoms with Gasteiger partial charge < -0.3 is 0 Å². The van der Waals surface area contributed by atoms with Gasteiger partial charge in [0.05, 0.1) is 11.2 Å². The van der Waals surface area contributed by atoms with Crippen molar-refractivity contribution < 1.29 is 0 Å². The Labute approximate surface area is 137 Å². The van der Waals surface area contributed by atoms with Crippen LogP contribution in [0.3, 0.4) is 0 Å². The number of nitrogens with zero attached hydrogens (tertiary/aromatic N) is 2. The Balaban J connectivity index is 2.18. The molecule has 116 valence electrons. The SMILES string of the molecule is CC(=Nc1c(C)cc(C)cc1C)c1cccc2ccc(C)nc12. The average Bonchev–Trinajstić information content (AvgIpc) is 2.50. The van der Waals surface area contributed by atoms with Crippen molar-refractivity contribution in [1.82, 2.24) is 4.98 Å². The first-order chi connectivity index (χ1) is 11.0. The van der Waals surface area contributed by atoms with Crippen LogP contribution in [0, 0.1) is 27.7 Å². The van der Waals surface area contributed by atoms with E-state index in [4.69, 9.17) is 9.98 Å². The number of aliphatic imine (C=N–C) groups is 1. The Morgan fingerprint density at radius 2 is 1.61 bits per heavy atom. The fourth-order valence-electron chi connectivity index (χ4n) is 3.11. The number of aromatic nitrogens is 1. The lowest BCUT2D eigenvalue weighted by molar-refractivity contribution is 1.25. The minimum absolute atomic E-state index is 1.00. The van der Waals surface area contributed by atoms with E-state index >= 15 is 0 Å². The van der Waals surface area contributed by atoms with Gasteiger partial charge in [0.25, 0.3) is 0 Å². The van der Waals surface area contributed by atoms with Gasteiger partial charge in [0.1, 0.15) is 0 Å². The number of hydrogen-bond acceptors (Lipinski definition) is 2. The highest BCUT2D eigenvalue weighted by Crippen LogP contribution is 2.27. The fraction of sp³-hybridized carbons (Fsp3) is 0.238. The van der Waals surface area contributed by atoms with Crippen LogP contribution in [-0.4, -0.2) is 10.7 Å². The molecule has 0 aliphatic rings. The highest BCUT2D eigenvalue weighted by atomic mass is 14.8. The zero-order valence-electron chi connectivity index (χ0n) is 14.4. The van der Waals surface area contributed by atoms with Gasteiger partial charge in [-0.25, -0.2) is 0 Å².